The van der Waals surface area contributed by atoms with Crippen LogP contribution in [0.2, 0.25) is 0 Å². The number of ether oxygens (including phenoxy) is 2. The van der Waals surface area contributed by atoms with Gasteiger partial charge in [-0.25, -0.2) is 0 Å². The third-order valence-electron chi connectivity index (χ3n) is 7.35. The number of benzene rings is 1. The minimum atomic E-state index is 0.646. The Morgan fingerprint density at radius 3 is 1.69 bits per heavy atom. The molecule has 0 N–H and O–H groups in total. The first kappa shape index (κ1) is 32.8. The maximum Gasteiger partial charge on any atom is 0.123 e. The van der Waals surface area contributed by atoms with E-state index in [1.54, 1.807) is 0 Å². The van der Waals surface area contributed by atoms with Crippen LogP contribution in [0.15, 0.2) is 18.2 Å². The van der Waals surface area contributed by atoms with E-state index in [9.17, 15) is 0 Å². The second kappa shape index (κ2) is 22.9. The lowest BCUT2D eigenvalue weighted by atomic mass is 10.0. The van der Waals surface area contributed by atoms with Crippen LogP contribution in [0.3, 0.4) is 0 Å². The van der Waals surface area contributed by atoms with Crippen molar-refractivity contribution in [1.82, 2.24) is 4.90 Å². The van der Waals surface area contributed by atoms with Gasteiger partial charge in [-0.1, -0.05) is 117 Å². The molecule has 1 unspecified atom stereocenters. The summed E-state index contributed by atoms with van der Waals surface area (Å²) in [6.45, 7) is 9.30. The van der Waals surface area contributed by atoms with Gasteiger partial charge in [0.15, 0.2) is 0 Å². The SMILES string of the molecule is CCCCCCCCCCCCCCCc1cc(OCCN(C)C)cc(OCC(CC)CCCC)c1. The van der Waals surface area contributed by atoms with E-state index >= 15 is 0 Å². The molecular weight excluding hydrogens is 442 g/mol. The van der Waals surface area contributed by atoms with Crippen molar-refractivity contribution in [2.45, 2.75) is 136 Å². The molecule has 0 aliphatic carbocycles. The molecule has 0 radical (unpaired) electrons. The fourth-order valence-electron chi connectivity index (χ4n) is 4.75. The highest BCUT2D eigenvalue weighted by molar-refractivity contribution is 5.38. The molecular formula is C33H61NO2. The Morgan fingerprint density at radius 1 is 0.639 bits per heavy atom. The van der Waals surface area contributed by atoms with Crippen LogP contribution in [0.25, 0.3) is 0 Å². The van der Waals surface area contributed by atoms with Crippen LogP contribution in [-0.2, 0) is 6.42 Å². The predicted octanol–water partition coefficient (Wildman–Crippen LogP) is 9.86. The first-order valence-electron chi connectivity index (χ1n) is 15.6. The van der Waals surface area contributed by atoms with Crippen molar-refractivity contribution in [1.29, 1.82) is 0 Å². The van der Waals surface area contributed by atoms with Gasteiger partial charge >= 0.3 is 0 Å². The number of hydrogen-bond acceptors (Lipinski definition) is 3. The minimum absolute atomic E-state index is 0.646. The Morgan fingerprint density at radius 2 is 1.17 bits per heavy atom. The fourth-order valence-corrected chi connectivity index (χ4v) is 4.75. The van der Waals surface area contributed by atoms with Gasteiger partial charge in [0.05, 0.1) is 6.61 Å². The maximum atomic E-state index is 6.29. The Hall–Kier alpha value is -1.22. The third-order valence-corrected chi connectivity index (χ3v) is 7.35. The highest BCUT2D eigenvalue weighted by Gasteiger charge is 2.09. The van der Waals surface area contributed by atoms with E-state index in [0.29, 0.717) is 12.5 Å². The molecule has 36 heavy (non-hydrogen) atoms. The molecule has 1 atom stereocenters. The van der Waals surface area contributed by atoms with Gasteiger partial charge in [-0.15, -0.1) is 0 Å². The standard InChI is InChI=1S/C33H61NO2/c1-6-9-11-12-13-14-15-16-17-18-19-20-21-23-31-26-32(35-25-24-34(4)5)28-33(27-31)36-29-30(8-3)22-10-7-2/h26-28,30H,6-25,29H2,1-5H3. The van der Waals surface area contributed by atoms with Crippen LogP contribution in [0, 0.1) is 5.92 Å². The topological polar surface area (TPSA) is 21.7 Å². The summed E-state index contributed by atoms with van der Waals surface area (Å²) < 4.78 is 12.4. The van der Waals surface area contributed by atoms with Crippen LogP contribution in [-0.4, -0.2) is 38.8 Å². The molecule has 0 saturated carbocycles. The molecule has 0 fully saturated rings. The molecule has 3 nitrogen and oxygen atoms in total. The maximum absolute atomic E-state index is 6.29. The summed E-state index contributed by atoms with van der Waals surface area (Å²) in [6, 6.07) is 6.58. The molecule has 3 heteroatoms. The largest absolute Gasteiger partial charge is 0.493 e. The predicted molar refractivity (Wildman–Crippen MR) is 159 cm³/mol. The number of hydrogen-bond donors (Lipinski definition) is 0. The lowest BCUT2D eigenvalue weighted by molar-refractivity contribution is 0.229. The molecule has 0 aromatic heterocycles. The average molecular weight is 504 g/mol. The number of likely N-dealkylation sites (N-methyl/N-ethyl adjacent to an activating group) is 1. The highest BCUT2D eigenvalue weighted by Crippen LogP contribution is 2.26. The second-order valence-corrected chi connectivity index (χ2v) is 11.2. The Kier molecular flexibility index (Phi) is 20.9. The van der Waals surface area contributed by atoms with Gasteiger partial charge in [-0.2, -0.15) is 0 Å². The van der Waals surface area contributed by atoms with Gasteiger partial charge in [0.2, 0.25) is 0 Å². The van der Waals surface area contributed by atoms with Crippen molar-refractivity contribution in [3.8, 4) is 11.5 Å². The van der Waals surface area contributed by atoms with Crippen molar-refractivity contribution in [3.63, 3.8) is 0 Å². The number of unbranched alkanes of at least 4 members (excludes halogenated alkanes) is 13. The zero-order chi connectivity index (χ0) is 26.3. The van der Waals surface area contributed by atoms with E-state index in [1.807, 2.05) is 0 Å². The lowest BCUT2D eigenvalue weighted by Gasteiger charge is -2.17. The zero-order valence-electron chi connectivity index (χ0n) is 24.9. The van der Waals surface area contributed by atoms with Gasteiger partial charge in [-0.05, 0) is 57.0 Å². The number of rotatable bonds is 25. The molecule has 0 aliphatic heterocycles. The van der Waals surface area contributed by atoms with E-state index in [0.717, 1.165) is 31.1 Å². The monoisotopic (exact) mass is 503 g/mol. The van der Waals surface area contributed by atoms with E-state index < -0.39 is 0 Å². The quantitative estimate of drug-likeness (QED) is 0.124. The molecule has 0 aliphatic rings. The minimum Gasteiger partial charge on any atom is -0.493 e. The molecule has 0 amide bonds. The fraction of sp³-hybridized carbons (Fsp3) is 0.818. The Bertz CT molecular complexity index is 616. The molecule has 1 aromatic rings. The first-order chi connectivity index (χ1) is 17.6. The molecule has 0 spiro atoms. The molecule has 1 aromatic carbocycles. The van der Waals surface area contributed by atoms with Crippen LogP contribution in [0.5, 0.6) is 11.5 Å². The Labute approximate surface area is 225 Å². The van der Waals surface area contributed by atoms with Gasteiger partial charge in [0.25, 0.3) is 0 Å². The molecule has 0 saturated heterocycles. The summed E-state index contributed by atoms with van der Waals surface area (Å²) >= 11 is 0. The van der Waals surface area contributed by atoms with E-state index in [4.69, 9.17) is 9.47 Å². The van der Waals surface area contributed by atoms with Gasteiger partial charge in [0.1, 0.15) is 18.1 Å². The van der Waals surface area contributed by atoms with Crippen LogP contribution in [0.1, 0.15) is 135 Å². The van der Waals surface area contributed by atoms with E-state index in [-0.39, 0.29) is 0 Å². The average Bonchev–Trinajstić information content (AvgIpc) is 2.86. The summed E-state index contributed by atoms with van der Waals surface area (Å²) in [5, 5.41) is 0. The second-order valence-electron chi connectivity index (χ2n) is 11.2. The summed E-state index contributed by atoms with van der Waals surface area (Å²) in [6.07, 6.45) is 24.3. The molecule has 0 heterocycles. The van der Waals surface area contributed by atoms with Crippen molar-refractivity contribution >= 4 is 0 Å². The van der Waals surface area contributed by atoms with Crippen molar-refractivity contribution in [2.75, 3.05) is 33.9 Å². The zero-order valence-corrected chi connectivity index (χ0v) is 24.9. The van der Waals surface area contributed by atoms with Crippen molar-refractivity contribution in [2.24, 2.45) is 5.92 Å². The first-order valence-corrected chi connectivity index (χ1v) is 15.6. The van der Waals surface area contributed by atoms with Crippen LogP contribution < -0.4 is 9.47 Å². The van der Waals surface area contributed by atoms with Gasteiger partial charge < -0.3 is 14.4 Å². The number of aryl methyl sites for hydroxylation is 1. The molecule has 1 rings (SSSR count). The molecule has 0 bridgehead atoms. The summed E-state index contributed by atoms with van der Waals surface area (Å²) in [5.74, 6) is 2.59. The number of nitrogens with zero attached hydrogens (tertiary/aromatic N) is 1. The summed E-state index contributed by atoms with van der Waals surface area (Å²) in [5.41, 5.74) is 1.36. The van der Waals surface area contributed by atoms with Gasteiger partial charge in [0, 0.05) is 12.6 Å². The van der Waals surface area contributed by atoms with Crippen LogP contribution in [0.4, 0.5) is 0 Å². The third kappa shape index (κ3) is 18.1. The van der Waals surface area contributed by atoms with E-state index in [1.165, 1.54) is 115 Å². The summed E-state index contributed by atoms with van der Waals surface area (Å²) in [4.78, 5) is 2.16. The summed E-state index contributed by atoms with van der Waals surface area (Å²) in [7, 11) is 4.17. The van der Waals surface area contributed by atoms with Crippen molar-refractivity contribution in [3.05, 3.63) is 23.8 Å². The lowest BCUT2D eigenvalue weighted by Crippen LogP contribution is -2.19. The smallest absolute Gasteiger partial charge is 0.123 e. The van der Waals surface area contributed by atoms with Crippen molar-refractivity contribution < 1.29 is 9.47 Å². The van der Waals surface area contributed by atoms with Gasteiger partial charge in [-0.3, -0.25) is 0 Å². The molecule has 210 valence electrons. The highest BCUT2D eigenvalue weighted by atomic mass is 16.5. The van der Waals surface area contributed by atoms with Crippen LogP contribution >= 0.6 is 0 Å². The normalized spacial score (nSPS) is 12.3. The van der Waals surface area contributed by atoms with E-state index in [2.05, 4.69) is 58.0 Å². The Balaban J connectivity index is 2.38.